The molecule has 0 unspecified atom stereocenters. The van der Waals surface area contributed by atoms with E-state index in [1.807, 2.05) is 31.2 Å². The lowest BCUT2D eigenvalue weighted by Gasteiger charge is -2.21. The fourth-order valence-corrected chi connectivity index (χ4v) is 2.67. The molecule has 2 amide bonds. The number of likely N-dealkylation sites (N-methyl/N-ethyl adjacent to an activating group) is 2. The Morgan fingerprint density at radius 1 is 1.00 bits per heavy atom. The SMILES string of the molecule is C[C@H](NC(=O)CN(C)CC(=O)N(C)C)c1cccc2ccccc12. The van der Waals surface area contributed by atoms with Gasteiger partial charge in [0.05, 0.1) is 19.1 Å². The highest BCUT2D eigenvalue weighted by Crippen LogP contribution is 2.23. The number of nitrogens with zero attached hydrogens (tertiary/aromatic N) is 2. The molecule has 0 saturated heterocycles. The van der Waals surface area contributed by atoms with Crippen molar-refractivity contribution in [3.8, 4) is 0 Å². The van der Waals surface area contributed by atoms with Crippen LogP contribution in [0.4, 0.5) is 0 Å². The van der Waals surface area contributed by atoms with E-state index in [1.165, 1.54) is 4.90 Å². The number of fused-ring (bicyclic) bond motifs is 1. The molecular formula is C19H25N3O2. The average Bonchev–Trinajstić information content (AvgIpc) is 2.53. The van der Waals surface area contributed by atoms with Crippen LogP contribution in [0.1, 0.15) is 18.5 Å². The summed E-state index contributed by atoms with van der Waals surface area (Å²) in [4.78, 5) is 27.2. The van der Waals surface area contributed by atoms with Gasteiger partial charge in [0.1, 0.15) is 0 Å². The fraction of sp³-hybridized carbons (Fsp3) is 0.368. The third-order valence-electron chi connectivity index (χ3n) is 3.98. The third kappa shape index (κ3) is 4.55. The molecule has 1 N–H and O–H groups in total. The van der Waals surface area contributed by atoms with E-state index in [2.05, 4.69) is 23.5 Å². The van der Waals surface area contributed by atoms with Crippen molar-refractivity contribution in [2.24, 2.45) is 0 Å². The highest BCUT2D eigenvalue weighted by molar-refractivity contribution is 5.87. The number of rotatable bonds is 6. The molecule has 0 heterocycles. The Morgan fingerprint density at radius 3 is 2.38 bits per heavy atom. The van der Waals surface area contributed by atoms with E-state index < -0.39 is 0 Å². The summed E-state index contributed by atoms with van der Waals surface area (Å²) in [7, 11) is 5.18. The molecule has 2 aromatic carbocycles. The lowest BCUT2D eigenvalue weighted by molar-refractivity contribution is -0.130. The number of carbonyl (C=O) groups is 2. The third-order valence-corrected chi connectivity index (χ3v) is 3.98. The minimum absolute atomic E-state index is 0.0209. The van der Waals surface area contributed by atoms with E-state index in [0.29, 0.717) is 0 Å². The van der Waals surface area contributed by atoms with Gasteiger partial charge in [0.25, 0.3) is 0 Å². The molecule has 5 heteroatoms. The Bertz CT molecular complexity index is 722. The highest BCUT2D eigenvalue weighted by Gasteiger charge is 2.15. The predicted octanol–water partition coefficient (Wildman–Crippen LogP) is 2.04. The number of amides is 2. The summed E-state index contributed by atoms with van der Waals surface area (Å²) in [6.45, 7) is 2.39. The van der Waals surface area contributed by atoms with Crippen LogP contribution >= 0.6 is 0 Å². The molecule has 2 aromatic rings. The number of hydrogen-bond acceptors (Lipinski definition) is 3. The van der Waals surface area contributed by atoms with E-state index in [4.69, 9.17) is 0 Å². The molecule has 5 nitrogen and oxygen atoms in total. The van der Waals surface area contributed by atoms with Gasteiger partial charge in [-0.25, -0.2) is 0 Å². The van der Waals surface area contributed by atoms with Crippen LogP contribution in [-0.4, -0.2) is 55.8 Å². The largest absolute Gasteiger partial charge is 0.348 e. The van der Waals surface area contributed by atoms with Gasteiger partial charge in [0.15, 0.2) is 0 Å². The summed E-state index contributed by atoms with van der Waals surface area (Å²) in [5.41, 5.74) is 1.09. The van der Waals surface area contributed by atoms with E-state index in [0.717, 1.165) is 16.3 Å². The predicted molar refractivity (Wildman–Crippen MR) is 96.7 cm³/mol. The molecule has 0 aliphatic carbocycles. The second-order valence-corrected chi connectivity index (χ2v) is 6.32. The standard InChI is InChI=1S/C19H25N3O2/c1-14(16-11-7-9-15-8-5-6-10-17(15)16)20-18(23)12-22(4)13-19(24)21(2)3/h5-11,14H,12-13H2,1-4H3,(H,20,23)/t14-/m0/s1. The Morgan fingerprint density at radius 2 is 1.67 bits per heavy atom. The van der Waals surface area contributed by atoms with Crippen LogP contribution in [-0.2, 0) is 9.59 Å². The number of hydrogen-bond donors (Lipinski definition) is 1. The van der Waals surface area contributed by atoms with Crippen LogP contribution in [0, 0.1) is 0 Å². The van der Waals surface area contributed by atoms with Gasteiger partial charge in [-0.3, -0.25) is 14.5 Å². The molecule has 0 aromatic heterocycles. The molecule has 128 valence electrons. The zero-order valence-electron chi connectivity index (χ0n) is 14.7. The molecule has 0 radical (unpaired) electrons. The molecule has 1 atom stereocenters. The minimum Gasteiger partial charge on any atom is -0.348 e. The maximum atomic E-state index is 12.2. The van der Waals surface area contributed by atoms with Crippen molar-refractivity contribution in [3.63, 3.8) is 0 Å². The maximum Gasteiger partial charge on any atom is 0.236 e. The Balaban J connectivity index is 1.99. The monoisotopic (exact) mass is 327 g/mol. The minimum atomic E-state index is -0.0958. The lowest BCUT2D eigenvalue weighted by atomic mass is 10.00. The molecule has 0 fully saturated rings. The second kappa shape index (κ2) is 7.93. The Kier molecular flexibility index (Phi) is 5.93. The van der Waals surface area contributed by atoms with Crippen molar-refractivity contribution >= 4 is 22.6 Å². The van der Waals surface area contributed by atoms with Crippen molar-refractivity contribution in [2.45, 2.75) is 13.0 Å². The van der Waals surface area contributed by atoms with Crippen LogP contribution in [0.25, 0.3) is 10.8 Å². The zero-order valence-corrected chi connectivity index (χ0v) is 14.7. The summed E-state index contributed by atoms with van der Waals surface area (Å²) in [5.74, 6) is -0.114. The Hall–Kier alpha value is -2.40. The first-order valence-corrected chi connectivity index (χ1v) is 8.04. The van der Waals surface area contributed by atoms with E-state index in [1.54, 1.807) is 26.0 Å². The quantitative estimate of drug-likeness (QED) is 0.883. The van der Waals surface area contributed by atoms with Gasteiger partial charge in [-0.1, -0.05) is 42.5 Å². The molecule has 2 rings (SSSR count). The Labute approximate surface area is 143 Å². The molecule has 0 bridgehead atoms. The van der Waals surface area contributed by atoms with E-state index in [9.17, 15) is 9.59 Å². The topological polar surface area (TPSA) is 52.7 Å². The number of nitrogens with one attached hydrogen (secondary N) is 1. The zero-order chi connectivity index (χ0) is 17.7. The van der Waals surface area contributed by atoms with Crippen molar-refractivity contribution < 1.29 is 9.59 Å². The van der Waals surface area contributed by atoms with Crippen LogP contribution in [0.3, 0.4) is 0 Å². The molecule has 0 saturated carbocycles. The van der Waals surface area contributed by atoms with Crippen molar-refractivity contribution in [3.05, 3.63) is 48.0 Å². The van der Waals surface area contributed by atoms with Gasteiger partial charge in [0, 0.05) is 14.1 Å². The summed E-state index contributed by atoms with van der Waals surface area (Å²) in [6.07, 6.45) is 0. The number of benzene rings is 2. The van der Waals surface area contributed by atoms with Gasteiger partial charge in [-0.05, 0) is 30.3 Å². The first-order valence-electron chi connectivity index (χ1n) is 8.04. The number of carbonyl (C=O) groups excluding carboxylic acids is 2. The maximum absolute atomic E-state index is 12.2. The molecule has 0 aliphatic rings. The van der Waals surface area contributed by atoms with Gasteiger partial charge < -0.3 is 10.2 Å². The molecule has 0 aliphatic heterocycles. The normalized spacial score (nSPS) is 12.2. The molecule has 0 spiro atoms. The van der Waals surface area contributed by atoms with Crippen LogP contribution in [0.5, 0.6) is 0 Å². The van der Waals surface area contributed by atoms with Gasteiger partial charge in [0.2, 0.25) is 11.8 Å². The van der Waals surface area contributed by atoms with Crippen molar-refractivity contribution in [2.75, 3.05) is 34.2 Å². The summed E-state index contributed by atoms with van der Waals surface area (Å²) in [6, 6.07) is 14.1. The van der Waals surface area contributed by atoms with Gasteiger partial charge >= 0.3 is 0 Å². The van der Waals surface area contributed by atoms with E-state index >= 15 is 0 Å². The first kappa shape index (κ1) is 17.9. The van der Waals surface area contributed by atoms with Gasteiger partial charge in [-0.15, -0.1) is 0 Å². The van der Waals surface area contributed by atoms with Crippen molar-refractivity contribution in [1.82, 2.24) is 15.1 Å². The molecular weight excluding hydrogens is 302 g/mol. The van der Waals surface area contributed by atoms with Crippen molar-refractivity contribution in [1.29, 1.82) is 0 Å². The van der Waals surface area contributed by atoms with Gasteiger partial charge in [-0.2, -0.15) is 0 Å². The lowest BCUT2D eigenvalue weighted by Crippen LogP contribution is -2.41. The van der Waals surface area contributed by atoms with Crippen LogP contribution in [0.2, 0.25) is 0 Å². The van der Waals surface area contributed by atoms with E-state index in [-0.39, 0.29) is 30.9 Å². The summed E-state index contributed by atoms with van der Waals surface area (Å²) in [5, 5.41) is 5.32. The van der Waals surface area contributed by atoms with Crippen LogP contribution < -0.4 is 5.32 Å². The summed E-state index contributed by atoms with van der Waals surface area (Å²) < 4.78 is 0. The second-order valence-electron chi connectivity index (χ2n) is 6.32. The average molecular weight is 327 g/mol. The van der Waals surface area contributed by atoms with Crippen LogP contribution in [0.15, 0.2) is 42.5 Å². The summed E-state index contributed by atoms with van der Waals surface area (Å²) >= 11 is 0. The first-order chi connectivity index (χ1) is 11.4. The fourth-order valence-electron chi connectivity index (χ4n) is 2.67. The smallest absolute Gasteiger partial charge is 0.236 e. The molecule has 24 heavy (non-hydrogen) atoms. The highest BCUT2D eigenvalue weighted by atomic mass is 16.2.